The first-order valence-electron chi connectivity index (χ1n) is 15.2. The maximum absolute atomic E-state index is 15.0. The SMILES string of the molecule is C=CCN(CCC)C(=O)[C@H]1[C@H]2C(=O)N([C@@H](CO)C(C)C)C(C(=O)N(CC=C)c3ccc4ccccc4c3)C23CC(Br)[C@@H]1S3. The predicted molar refractivity (Wildman–Crippen MR) is 178 cm³/mol. The zero-order chi connectivity index (χ0) is 31.1. The first-order chi connectivity index (χ1) is 20.6. The lowest BCUT2D eigenvalue weighted by molar-refractivity contribution is -0.146. The van der Waals surface area contributed by atoms with Gasteiger partial charge in [-0.3, -0.25) is 14.4 Å². The Kier molecular flexibility index (Phi) is 9.45. The lowest BCUT2D eigenvalue weighted by atomic mass is 9.70. The van der Waals surface area contributed by atoms with Crippen LogP contribution < -0.4 is 4.90 Å². The minimum absolute atomic E-state index is 0.0295. The number of thioether (sulfide) groups is 1. The third-order valence-electron chi connectivity index (χ3n) is 9.34. The van der Waals surface area contributed by atoms with Gasteiger partial charge in [0.2, 0.25) is 11.8 Å². The van der Waals surface area contributed by atoms with E-state index in [-0.39, 0.29) is 46.9 Å². The van der Waals surface area contributed by atoms with Crippen LogP contribution in [0, 0.1) is 17.8 Å². The Morgan fingerprint density at radius 2 is 1.84 bits per heavy atom. The third kappa shape index (κ3) is 5.25. The highest BCUT2D eigenvalue weighted by atomic mass is 79.9. The van der Waals surface area contributed by atoms with Gasteiger partial charge >= 0.3 is 0 Å². The molecule has 3 saturated heterocycles. The number of aliphatic hydroxyl groups is 1. The van der Waals surface area contributed by atoms with E-state index in [1.54, 1.807) is 38.6 Å². The standard InChI is InChI=1S/C34H42BrN3O4S/c1-6-15-36(16-7-2)31(40)27-28-32(41)38(26(20-39)21(4)5)30(34(28)19-25(35)29(27)43-34)33(42)37(17-8-3)24-14-13-22-11-9-10-12-23(22)18-24/h6,8-14,18,21,25-30,39H,1,3,7,15-17,19-20H2,2,4-5H3/t25?,26-,27-,28-,29-,30?,34?/m0/s1. The Labute approximate surface area is 267 Å². The number of carbonyl (C=O) groups is 3. The lowest BCUT2D eigenvalue weighted by Crippen LogP contribution is -2.59. The van der Waals surface area contributed by atoms with Crippen molar-refractivity contribution < 1.29 is 19.5 Å². The summed E-state index contributed by atoms with van der Waals surface area (Å²) in [5.74, 6) is -1.78. The van der Waals surface area contributed by atoms with Crippen molar-refractivity contribution in [1.82, 2.24) is 9.80 Å². The van der Waals surface area contributed by atoms with Gasteiger partial charge in [0, 0.05) is 35.4 Å². The molecule has 5 rings (SSSR count). The summed E-state index contributed by atoms with van der Waals surface area (Å²) < 4.78 is -0.808. The Hall–Kier alpha value is -2.62. The molecule has 7 atom stereocenters. The molecule has 43 heavy (non-hydrogen) atoms. The second kappa shape index (κ2) is 12.8. The summed E-state index contributed by atoms with van der Waals surface area (Å²) in [6.07, 6.45) is 4.80. The predicted octanol–water partition coefficient (Wildman–Crippen LogP) is 5.26. The number of nitrogens with zero attached hydrogens (tertiary/aromatic N) is 3. The van der Waals surface area contributed by atoms with Crippen LogP contribution in [0.15, 0.2) is 67.8 Å². The minimum atomic E-state index is -0.845. The lowest BCUT2D eigenvalue weighted by Gasteiger charge is -2.41. The molecule has 7 nitrogen and oxygen atoms in total. The van der Waals surface area contributed by atoms with Crippen molar-refractivity contribution in [1.29, 1.82) is 0 Å². The van der Waals surface area contributed by atoms with Crippen LogP contribution >= 0.6 is 27.7 Å². The van der Waals surface area contributed by atoms with E-state index < -0.39 is 28.7 Å². The molecule has 0 radical (unpaired) electrons. The summed E-state index contributed by atoms with van der Waals surface area (Å²) >= 11 is 5.50. The average molecular weight is 669 g/mol. The second-order valence-corrected chi connectivity index (χ2v) is 15.0. The number of hydrogen-bond acceptors (Lipinski definition) is 5. The van der Waals surface area contributed by atoms with E-state index in [9.17, 15) is 19.5 Å². The van der Waals surface area contributed by atoms with Crippen LogP contribution in [0.4, 0.5) is 5.69 Å². The van der Waals surface area contributed by atoms with E-state index in [2.05, 4.69) is 29.1 Å². The number of rotatable bonds is 12. The largest absolute Gasteiger partial charge is 0.394 e. The molecule has 3 unspecified atom stereocenters. The molecule has 2 aromatic carbocycles. The van der Waals surface area contributed by atoms with E-state index in [0.717, 1.165) is 22.9 Å². The average Bonchev–Trinajstić information content (AvgIpc) is 3.58. The molecule has 0 aliphatic carbocycles. The Morgan fingerprint density at radius 1 is 1.14 bits per heavy atom. The molecule has 0 aromatic heterocycles. The molecular formula is C34H42BrN3O4S. The fourth-order valence-corrected chi connectivity index (χ4v) is 11.1. The molecule has 3 heterocycles. The first-order valence-corrected chi connectivity index (χ1v) is 17.0. The van der Waals surface area contributed by atoms with E-state index in [0.29, 0.717) is 19.5 Å². The van der Waals surface area contributed by atoms with Crippen LogP contribution in [0.25, 0.3) is 10.8 Å². The van der Waals surface area contributed by atoms with Crippen LogP contribution in [0.5, 0.6) is 0 Å². The molecule has 2 bridgehead atoms. The zero-order valence-electron chi connectivity index (χ0n) is 25.2. The van der Waals surface area contributed by atoms with Crippen LogP contribution in [-0.4, -0.2) is 85.8 Å². The highest BCUT2D eigenvalue weighted by Gasteiger charge is 2.76. The van der Waals surface area contributed by atoms with E-state index >= 15 is 0 Å². The van der Waals surface area contributed by atoms with Gasteiger partial charge in [-0.15, -0.1) is 24.9 Å². The molecular weight excluding hydrogens is 626 g/mol. The number of anilines is 1. The highest BCUT2D eigenvalue weighted by Crippen LogP contribution is 2.68. The van der Waals surface area contributed by atoms with Crippen molar-refractivity contribution in [2.45, 2.75) is 60.5 Å². The molecule has 3 fully saturated rings. The number of benzene rings is 2. The molecule has 3 aliphatic heterocycles. The fraction of sp³-hybridized carbons (Fsp3) is 0.500. The Balaban J connectivity index is 1.63. The van der Waals surface area contributed by atoms with Gasteiger partial charge in [0.05, 0.1) is 29.2 Å². The van der Waals surface area contributed by atoms with Crippen molar-refractivity contribution in [2.75, 3.05) is 31.1 Å². The third-order valence-corrected chi connectivity index (χ3v) is 12.6. The number of amides is 3. The molecule has 230 valence electrons. The van der Waals surface area contributed by atoms with Crippen LogP contribution in [0.2, 0.25) is 0 Å². The highest BCUT2D eigenvalue weighted by molar-refractivity contribution is 9.09. The van der Waals surface area contributed by atoms with Crippen LogP contribution in [0.1, 0.15) is 33.6 Å². The first kappa shape index (κ1) is 31.8. The number of halogens is 1. The van der Waals surface area contributed by atoms with E-state index in [1.807, 2.05) is 63.2 Å². The summed E-state index contributed by atoms with van der Waals surface area (Å²) in [4.78, 5) is 49.0. The van der Waals surface area contributed by atoms with Gasteiger partial charge in [-0.05, 0) is 41.7 Å². The number of hydrogen-bond donors (Lipinski definition) is 1. The molecule has 2 aromatic rings. The summed E-state index contributed by atoms with van der Waals surface area (Å²) in [6, 6.07) is 12.5. The maximum atomic E-state index is 15.0. The van der Waals surface area contributed by atoms with Crippen molar-refractivity contribution in [3.05, 3.63) is 67.8 Å². The van der Waals surface area contributed by atoms with Crippen molar-refractivity contribution in [3.8, 4) is 0 Å². The van der Waals surface area contributed by atoms with Crippen molar-refractivity contribution in [2.24, 2.45) is 17.8 Å². The van der Waals surface area contributed by atoms with Gasteiger partial charge < -0.3 is 19.8 Å². The van der Waals surface area contributed by atoms with Gasteiger partial charge in [-0.1, -0.05) is 79.2 Å². The Morgan fingerprint density at radius 3 is 2.47 bits per heavy atom. The monoisotopic (exact) mass is 667 g/mol. The van der Waals surface area contributed by atoms with Crippen molar-refractivity contribution >= 4 is 61.9 Å². The Bertz CT molecular complexity index is 1420. The van der Waals surface area contributed by atoms with Gasteiger partial charge in [0.15, 0.2) is 0 Å². The zero-order valence-corrected chi connectivity index (χ0v) is 27.6. The molecule has 0 saturated carbocycles. The van der Waals surface area contributed by atoms with Gasteiger partial charge in [0.25, 0.3) is 5.91 Å². The fourth-order valence-electron chi connectivity index (χ4n) is 7.48. The minimum Gasteiger partial charge on any atom is -0.394 e. The summed E-state index contributed by atoms with van der Waals surface area (Å²) in [6.45, 7) is 14.7. The quantitative estimate of drug-likeness (QED) is 0.247. The molecule has 1 spiro atoms. The maximum Gasteiger partial charge on any atom is 0.251 e. The van der Waals surface area contributed by atoms with Crippen LogP contribution in [-0.2, 0) is 14.4 Å². The molecule has 3 amide bonds. The molecule has 1 N–H and O–H groups in total. The molecule has 9 heteroatoms. The number of alkyl halides is 1. The van der Waals surface area contributed by atoms with E-state index in [1.165, 1.54) is 0 Å². The topological polar surface area (TPSA) is 81.2 Å². The number of aliphatic hydroxyl groups excluding tert-OH is 1. The summed E-state index contributed by atoms with van der Waals surface area (Å²) in [5, 5.41) is 12.5. The van der Waals surface area contributed by atoms with Gasteiger partial charge in [-0.25, -0.2) is 0 Å². The normalized spacial score (nSPS) is 28.3. The molecule has 3 aliphatic rings. The summed E-state index contributed by atoms with van der Waals surface area (Å²) in [5.41, 5.74) is 0.724. The van der Waals surface area contributed by atoms with E-state index in [4.69, 9.17) is 0 Å². The van der Waals surface area contributed by atoms with Crippen molar-refractivity contribution in [3.63, 3.8) is 0 Å². The number of fused-ring (bicyclic) bond motifs is 2. The number of carbonyl (C=O) groups excluding carboxylic acids is 3. The smallest absolute Gasteiger partial charge is 0.251 e. The van der Waals surface area contributed by atoms with Gasteiger partial charge in [-0.2, -0.15) is 0 Å². The second-order valence-electron chi connectivity index (χ2n) is 12.2. The van der Waals surface area contributed by atoms with Crippen LogP contribution in [0.3, 0.4) is 0 Å². The van der Waals surface area contributed by atoms with Gasteiger partial charge in [0.1, 0.15) is 6.04 Å². The number of likely N-dealkylation sites (tertiary alicyclic amines) is 1. The summed E-state index contributed by atoms with van der Waals surface area (Å²) in [7, 11) is 0.